The van der Waals surface area contributed by atoms with Crippen molar-refractivity contribution in [2.24, 2.45) is 0 Å². The second-order valence-electron chi connectivity index (χ2n) is 9.74. The number of benzene rings is 3. The summed E-state index contributed by atoms with van der Waals surface area (Å²) >= 11 is 6.07. The number of anilines is 1. The number of ether oxygens (including phenoxy) is 1. The molecule has 220 valence electrons. The second kappa shape index (κ2) is 14.9. The molecule has 0 bridgehead atoms. The Labute approximate surface area is 248 Å². The highest BCUT2D eigenvalue weighted by Gasteiger charge is 2.33. The average Bonchev–Trinajstić information content (AvgIpc) is 2.97. The van der Waals surface area contributed by atoms with Crippen LogP contribution in [0.15, 0.2) is 77.7 Å². The fourth-order valence-electron chi connectivity index (χ4n) is 4.33. The number of sulfonamides is 1. The standard InChI is InChI=1S/C31H38ClN3O5S/c1-5-7-20-33-31(37)29(6-2)34(21-24-10-12-25(32)13-11-24)30(36)22-35(26-14-16-27(40-4)17-15-26)41(38,39)28-18-8-23(3)9-19-28/h8-19,29H,5-7,20-22H2,1-4H3,(H,33,37). The van der Waals surface area contributed by atoms with Crippen LogP contribution in [-0.4, -0.2) is 51.4 Å². The van der Waals surface area contributed by atoms with Crippen LogP contribution in [0.5, 0.6) is 5.75 Å². The van der Waals surface area contributed by atoms with Crippen molar-refractivity contribution in [3.8, 4) is 5.75 Å². The monoisotopic (exact) mass is 599 g/mol. The number of carbonyl (C=O) groups is 2. The highest BCUT2D eigenvalue weighted by molar-refractivity contribution is 7.92. The Morgan fingerprint density at radius 1 is 0.951 bits per heavy atom. The minimum absolute atomic E-state index is 0.0559. The van der Waals surface area contributed by atoms with Crippen molar-refractivity contribution in [3.63, 3.8) is 0 Å². The molecule has 10 heteroatoms. The Hall–Kier alpha value is -3.56. The first kappa shape index (κ1) is 32.0. The molecule has 0 fully saturated rings. The van der Waals surface area contributed by atoms with E-state index in [9.17, 15) is 18.0 Å². The zero-order valence-corrected chi connectivity index (χ0v) is 25.5. The predicted molar refractivity (Wildman–Crippen MR) is 163 cm³/mol. The molecule has 0 aromatic heterocycles. The Morgan fingerprint density at radius 2 is 1.59 bits per heavy atom. The molecule has 0 aliphatic rings. The molecule has 0 saturated carbocycles. The van der Waals surface area contributed by atoms with Crippen molar-refractivity contribution < 1.29 is 22.7 Å². The molecule has 2 amide bonds. The predicted octanol–water partition coefficient (Wildman–Crippen LogP) is 5.58. The Kier molecular flexibility index (Phi) is 11.6. The van der Waals surface area contributed by atoms with Gasteiger partial charge in [-0.2, -0.15) is 0 Å². The van der Waals surface area contributed by atoms with Gasteiger partial charge in [-0.25, -0.2) is 8.42 Å². The van der Waals surface area contributed by atoms with E-state index in [1.54, 1.807) is 60.7 Å². The maximum absolute atomic E-state index is 14.1. The van der Waals surface area contributed by atoms with Gasteiger partial charge in [0, 0.05) is 18.1 Å². The summed E-state index contributed by atoms with van der Waals surface area (Å²) in [5, 5.41) is 3.47. The number of nitrogens with zero attached hydrogens (tertiary/aromatic N) is 2. The first-order valence-electron chi connectivity index (χ1n) is 13.7. The number of aryl methyl sites for hydroxylation is 1. The lowest BCUT2D eigenvalue weighted by Gasteiger charge is -2.33. The third kappa shape index (κ3) is 8.47. The molecule has 0 radical (unpaired) electrons. The van der Waals surface area contributed by atoms with Crippen molar-refractivity contribution in [2.45, 2.75) is 57.5 Å². The molecular weight excluding hydrogens is 562 g/mol. The average molecular weight is 600 g/mol. The summed E-state index contributed by atoms with van der Waals surface area (Å²) in [7, 11) is -2.62. The molecule has 0 aliphatic carbocycles. The van der Waals surface area contributed by atoms with Crippen LogP contribution in [0.25, 0.3) is 0 Å². The van der Waals surface area contributed by atoms with Gasteiger partial charge >= 0.3 is 0 Å². The normalized spacial score (nSPS) is 11.9. The molecule has 41 heavy (non-hydrogen) atoms. The van der Waals surface area contributed by atoms with E-state index in [4.69, 9.17) is 16.3 Å². The van der Waals surface area contributed by atoms with E-state index in [1.165, 1.54) is 24.1 Å². The van der Waals surface area contributed by atoms with Gasteiger partial charge in [-0.15, -0.1) is 0 Å². The van der Waals surface area contributed by atoms with E-state index in [-0.39, 0.29) is 17.3 Å². The number of methoxy groups -OCH3 is 1. The minimum atomic E-state index is -4.14. The molecule has 3 aromatic carbocycles. The van der Waals surface area contributed by atoms with Crippen molar-refractivity contribution in [1.29, 1.82) is 0 Å². The van der Waals surface area contributed by atoms with Crippen LogP contribution < -0.4 is 14.4 Å². The lowest BCUT2D eigenvalue weighted by Crippen LogP contribution is -2.52. The number of carbonyl (C=O) groups excluding carboxylic acids is 2. The van der Waals surface area contributed by atoms with Crippen molar-refractivity contribution in [2.75, 3.05) is 24.5 Å². The maximum Gasteiger partial charge on any atom is 0.264 e. The SMILES string of the molecule is CCCCNC(=O)C(CC)N(Cc1ccc(Cl)cc1)C(=O)CN(c1ccc(OC)cc1)S(=O)(=O)c1ccc(C)cc1. The van der Waals surface area contributed by atoms with E-state index in [0.717, 1.165) is 28.3 Å². The molecule has 0 spiro atoms. The third-order valence-corrected chi connectivity index (χ3v) is 8.77. The van der Waals surface area contributed by atoms with Crippen LogP contribution in [0.4, 0.5) is 5.69 Å². The van der Waals surface area contributed by atoms with Gasteiger partial charge in [0.25, 0.3) is 10.0 Å². The Morgan fingerprint density at radius 3 is 2.15 bits per heavy atom. The number of amides is 2. The van der Waals surface area contributed by atoms with Gasteiger partial charge < -0.3 is 15.0 Å². The fourth-order valence-corrected chi connectivity index (χ4v) is 5.87. The second-order valence-corrected chi connectivity index (χ2v) is 12.0. The van der Waals surface area contributed by atoms with Crippen LogP contribution >= 0.6 is 11.6 Å². The smallest absolute Gasteiger partial charge is 0.264 e. The molecular formula is C31H38ClN3O5S. The fraction of sp³-hybridized carbons (Fsp3) is 0.355. The molecule has 1 atom stereocenters. The summed E-state index contributed by atoms with van der Waals surface area (Å²) in [5.41, 5.74) is 1.97. The summed E-state index contributed by atoms with van der Waals surface area (Å²) < 4.78 is 34.2. The number of rotatable bonds is 14. The molecule has 3 aromatic rings. The zero-order chi connectivity index (χ0) is 30.0. The van der Waals surface area contributed by atoms with E-state index in [0.29, 0.717) is 29.4 Å². The van der Waals surface area contributed by atoms with E-state index < -0.39 is 28.5 Å². The molecule has 8 nitrogen and oxygen atoms in total. The summed E-state index contributed by atoms with van der Waals surface area (Å²) in [6, 6.07) is 19.1. The van der Waals surface area contributed by atoms with Crippen molar-refractivity contribution in [3.05, 3.63) is 88.9 Å². The Balaban J connectivity index is 2.03. The Bertz CT molecular complexity index is 1400. The van der Waals surface area contributed by atoms with E-state index in [1.807, 2.05) is 20.8 Å². The van der Waals surface area contributed by atoms with Crippen molar-refractivity contribution in [1.82, 2.24) is 10.2 Å². The van der Waals surface area contributed by atoms with Gasteiger partial charge in [0.2, 0.25) is 11.8 Å². The quantitative estimate of drug-likeness (QED) is 0.244. The lowest BCUT2D eigenvalue weighted by molar-refractivity contribution is -0.140. The van der Waals surface area contributed by atoms with Gasteiger partial charge in [0.15, 0.2) is 0 Å². The van der Waals surface area contributed by atoms with Crippen LogP contribution in [0.2, 0.25) is 5.02 Å². The van der Waals surface area contributed by atoms with Gasteiger partial charge in [-0.05, 0) is 73.9 Å². The molecule has 1 N–H and O–H groups in total. The third-order valence-electron chi connectivity index (χ3n) is 6.73. The summed E-state index contributed by atoms with van der Waals surface area (Å²) in [6.45, 7) is 5.82. The maximum atomic E-state index is 14.1. The van der Waals surface area contributed by atoms with Gasteiger partial charge in [0.05, 0.1) is 17.7 Å². The number of hydrogen-bond donors (Lipinski definition) is 1. The number of halogens is 1. The minimum Gasteiger partial charge on any atom is -0.497 e. The van der Waals surface area contributed by atoms with Crippen LogP contribution in [0, 0.1) is 6.92 Å². The molecule has 3 rings (SSSR count). The topological polar surface area (TPSA) is 96.0 Å². The first-order chi connectivity index (χ1) is 19.6. The summed E-state index contributed by atoms with van der Waals surface area (Å²) in [5.74, 6) is -0.239. The molecule has 0 saturated heterocycles. The first-order valence-corrected chi connectivity index (χ1v) is 15.5. The molecule has 0 aliphatic heterocycles. The van der Waals surface area contributed by atoms with E-state index in [2.05, 4.69) is 5.32 Å². The van der Waals surface area contributed by atoms with Gasteiger partial charge in [-0.3, -0.25) is 13.9 Å². The van der Waals surface area contributed by atoms with Crippen LogP contribution in [-0.2, 0) is 26.2 Å². The van der Waals surface area contributed by atoms with Crippen molar-refractivity contribution >= 4 is 39.1 Å². The molecule has 0 heterocycles. The van der Waals surface area contributed by atoms with Gasteiger partial charge in [0.1, 0.15) is 18.3 Å². The van der Waals surface area contributed by atoms with Crippen LogP contribution in [0.3, 0.4) is 0 Å². The highest BCUT2D eigenvalue weighted by atomic mass is 35.5. The van der Waals surface area contributed by atoms with E-state index >= 15 is 0 Å². The lowest BCUT2D eigenvalue weighted by atomic mass is 10.1. The van der Waals surface area contributed by atoms with Crippen LogP contribution in [0.1, 0.15) is 44.2 Å². The number of hydrogen-bond acceptors (Lipinski definition) is 5. The summed E-state index contributed by atoms with van der Waals surface area (Å²) in [4.78, 5) is 28.8. The number of nitrogens with one attached hydrogen (secondary N) is 1. The van der Waals surface area contributed by atoms with Gasteiger partial charge in [-0.1, -0.05) is 61.7 Å². The zero-order valence-electron chi connectivity index (χ0n) is 24.0. The summed E-state index contributed by atoms with van der Waals surface area (Å²) in [6.07, 6.45) is 2.08. The number of unbranched alkanes of at least 4 members (excludes halogenated alkanes) is 1. The highest BCUT2D eigenvalue weighted by Crippen LogP contribution is 2.27. The molecule has 1 unspecified atom stereocenters. The largest absolute Gasteiger partial charge is 0.497 e.